The second-order valence-electron chi connectivity index (χ2n) is 7.70. The summed E-state index contributed by atoms with van der Waals surface area (Å²) in [5.74, 6) is -0.101. The molecule has 0 aliphatic carbocycles. The predicted octanol–water partition coefficient (Wildman–Crippen LogP) is 3.04. The maximum absolute atomic E-state index is 12.7. The van der Waals surface area contributed by atoms with Gasteiger partial charge in [0.2, 0.25) is 10.0 Å². The third-order valence-electron chi connectivity index (χ3n) is 4.59. The number of nitro groups is 1. The molecule has 9 nitrogen and oxygen atoms in total. The molecule has 1 aromatic carbocycles. The van der Waals surface area contributed by atoms with E-state index in [1.54, 1.807) is 27.7 Å². The third kappa shape index (κ3) is 3.56. The molecule has 0 unspecified atom stereocenters. The van der Waals surface area contributed by atoms with Gasteiger partial charge in [-0.25, -0.2) is 17.2 Å². The fraction of sp³-hybridized carbons (Fsp3) is 0.500. The first kappa shape index (κ1) is 20.1. The van der Waals surface area contributed by atoms with Crippen molar-refractivity contribution in [2.75, 3.05) is 12.3 Å². The highest BCUT2D eigenvalue weighted by molar-refractivity contribution is 7.90. The Bertz CT molecular complexity index is 1070. The molecule has 2 heterocycles. The lowest BCUT2D eigenvalue weighted by atomic mass is 10.0. The molecule has 0 N–H and O–H groups in total. The van der Waals surface area contributed by atoms with Gasteiger partial charge in [0, 0.05) is 41.7 Å². The summed E-state index contributed by atoms with van der Waals surface area (Å²) in [4.78, 5) is 24.6. The van der Waals surface area contributed by atoms with Gasteiger partial charge >= 0.3 is 6.09 Å². The van der Waals surface area contributed by atoms with Crippen LogP contribution in [0.3, 0.4) is 0 Å². The van der Waals surface area contributed by atoms with Crippen LogP contribution in [0.5, 0.6) is 0 Å². The van der Waals surface area contributed by atoms with E-state index in [4.69, 9.17) is 4.74 Å². The van der Waals surface area contributed by atoms with Crippen LogP contribution in [0.2, 0.25) is 0 Å². The molecule has 1 aliphatic rings. The van der Waals surface area contributed by atoms with E-state index in [2.05, 4.69) is 0 Å². The summed E-state index contributed by atoms with van der Waals surface area (Å²) >= 11 is 0. The first-order chi connectivity index (χ1) is 12.9. The van der Waals surface area contributed by atoms with Gasteiger partial charge in [-0.15, -0.1) is 0 Å². The molecule has 28 heavy (non-hydrogen) atoms. The largest absolute Gasteiger partial charge is 0.444 e. The zero-order valence-electron chi connectivity index (χ0n) is 16.3. The summed E-state index contributed by atoms with van der Waals surface area (Å²) in [6.45, 7) is 7.29. The van der Waals surface area contributed by atoms with E-state index in [0.29, 0.717) is 35.1 Å². The summed E-state index contributed by atoms with van der Waals surface area (Å²) in [7, 11) is -3.61. The van der Waals surface area contributed by atoms with Gasteiger partial charge < -0.3 is 9.64 Å². The van der Waals surface area contributed by atoms with Crippen LogP contribution in [0.1, 0.15) is 39.0 Å². The quantitative estimate of drug-likeness (QED) is 0.569. The smallest absolute Gasteiger partial charge is 0.410 e. The molecule has 0 saturated heterocycles. The Kier molecular flexibility index (Phi) is 4.86. The first-order valence-corrected chi connectivity index (χ1v) is 10.6. The summed E-state index contributed by atoms with van der Waals surface area (Å²) in [6.07, 6.45) is -0.182. The van der Waals surface area contributed by atoms with Crippen LogP contribution in [0.25, 0.3) is 10.9 Å². The number of amides is 1. The molecule has 0 atom stereocenters. The van der Waals surface area contributed by atoms with E-state index in [1.165, 1.54) is 27.1 Å². The zero-order valence-corrected chi connectivity index (χ0v) is 17.1. The molecule has 152 valence electrons. The standard InChI is InChI=1S/C18H23N3O6S/c1-5-28(25,26)20-15-7-6-12(21(23)24)10-13(15)14-11-19(9-8-16(14)20)17(22)27-18(2,3)4/h6-7,10H,5,8-9,11H2,1-4H3. The van der Waals surface area contributed by atoms with Crippen LogP contribution >= 0.6 is 0 Å². The van der Waals surface area contributed by atoms with Crippen molar-refractivity contribution in [2.24, 2.45) is 0 Å². The highest BCUT2D eigenvalue weighted by Gasteiger charge is 2.32. The molecule has 1 aromatic heterocycles. The highest BCUT2D eigenvalue weighted by atomic mass is 32.2. The Balaban J connectivity index is 2.16. The van der Waals surface area contributed by atoms with E-state index >= 15 is 0 Å². The average Bonchev–Trinajstić information content (AvgIpc) is 2.93. The molecule has 0 spiro atoms. The fourth-order valence-corrected chi connectivity index (χ4v) is 4.60. The molecule has 1 aliphatic heterocycles. The number of aromatic nitrogens is 1. The topological polar surface area (TPSA) is 112 Å². The van der Waals surface area contributed by atoms with Crippen molar-refractivity contribution in [1.29, 1.82) is 0 Å². The minimum absolute atomic E-state index is 0.101. The van der Waals surface area contributed by atoms with Crippen molar-refractivity contribution in [3.8, 4) is 0 Å². The van der Waals surface area contributed by atoms with Crippen LogP contribution in [0.15, 0.2) is 18.2 Å². The van der Waals surface area contributed by atoms with E-state index in [1.807, 2.05) is 0 Å². The maximum Gasteiger partial charge on any atom is 0.410 e. The van der Waals surface area contributed by atoms with Gasteiger partial charge in [0.05, 0.1) is 22.7 Å². The second-order valence-corrected chi connectivity index (χ2v) is 9.81. The molecule has 1 amide bonds. The number of nitrogens with zero attached hydrogens (tertiary/aromatic N) is 3. The number of carbonyl (C=O) groups excluding carboxylic acids is 1. The Morgan fingerprint density at radius 2 is 2.00 bits per heavy atom. The minimum atomic E-state index is -3.61. The van der Waals surface area contributed by atoms with Gasteiger partial charge in [0.15, 0.2) is 0 Å². The molecular formula is C18H23N3O6S. The number of carbonyl (C=O) groups is 1. The zero-order chi connectivity index (χ0) is 20.9. The first-order valence-electron chi connectivity index (χ1n) is 8.96. The summed E-state index contributed by atoms with van der Waals surface area (Å²) in [5, 5.41) is 11.7. The van der Waals surface area contributed by atoms with E-state index in [0.717, 1.165) is 0 Å². The van der Waals surface area contributed by atoms with Gasteiger partial charge in [-0.05, 0) is 33.8 Å². The molecular weight excluding hydrogens is 386 g/mol. The Labute approximate surface area is 163 Å². The molecule has 0 saturated carbocycles. The summed E-state index contributed by atoms with van der Waals surface area (Å²) < 4.78 is 32.1. The van der Waals surface area contributed by atoms with Crippen molar-refractivity contribution >= 4 is 32.7 Å². The molecule has 0 fully saturated rings. The van der Waals surface area contributed by atoms with E-state index in [9.17, 15) is 23.3 Å². The van der Waals surface area contributed by atoms with Gasteiger partial charge in [0.25, 0.3) is 5.69 Å². The number of hydrogen-bond acceptors (Lipinski definition) is 6. The van der Waals surface area contributed by atoms with Crippen molar-refractivity contribution in [1.82, 2.24) is 8.87 Å². The number of hydrogen-bond donors (Lipinski definition) is 0. The number of nitro benzene ring substituents is 1. The Morgan fingerprint density at radius 1 is 1.32 bits per heavy atom. The van der Waals surface area contributed by atoms with Crippen LogP contribution in [-0.4, -0.2) is 46.2 Å². The van der Waals surface area contributed by atoms with Gasteiger partial charge in [0.1, 0.15) is 5.60 Å². The van der Waals surface area contributed by atoms with Crippen LogP contribution in [0.4, 0.5) is 10.5 Å². The van der Waals surface area contributed by atoms with Crippen molar-refractivity contribution in [3.05, 3.63) is 39.6 Å². The van der Waals surface area contributed by atoms with Gasteiger partial charge in [-0.2, -0.15) is 0 Å². The molecule has 2 aromatic rings. The SMILES string of the molecule is CCS(=O)(=O)n1c2c(c3cc([N+](=O)[O-])ccc31)CN(C(=O)OC(C)(C)C)CC2. The van der Waals surface area contributed by atoms with Gasteiger partial charge in [-0.1, -0.05) is 0 Å². The molecule has 10 heteroatoms. The molecule has 0 radical (unpaired) electrons. The lowest BCUT2D eigenvalue weighted by Crippen LogP contribution is -2.40. The van der Waals surface area contributed by atoms with Crippen LogP contribution in [0, 0.1) is 10.1 Å². The number of fused-ring (bicyclic) bond motifs is 3. The Morgan fingerprint density at radius 3 is 2.57 bits per heavy atom. The lowest BCUT2D eigenvalue weighted by Gasteiger charge is -2.30. The monoisotopic (exact) mass is 409 g/mol. The van der Waals surface area contributed by atoms with Crippen LogP contribution < -0.4 is 0 Å². The Hall–Kier alpha value is -2.62. The van der Waals surface area contributed by atoms with E-state index < -0.39 is 26.6 Å². The molecule has 0 bridgehead atoms. The number of ether oxygens (including phenoxy) is 1. The maximum atomic E-state index is 12.7. The normalized spacial score (nSPS) is 14.8. The minimum Gasteiger partial charge on any atom is -0.444 e. The van der Waals surface area contributed by atoms with Crippen LogP contribution in [-0.2, 0) is 27.7 Å². The van der Waals surface area contributed by atoms with Gasteiger partial charge in [-0.3, -0.25) is 10.1 Å². The predicted molar refractivity (Wildman–Crippen MR) is 104 cm³/mol. The van der Waals surface area contributed by atoms with Crippen molar-refractivity contribution < 1.29 is 22.9 Å². The number of rotatable bonds is 3. The summed E-state index contributed by atoms with van der Waals surface area (Å²) in [5.41, 5.74) is 0.777. The van der Waals surface area contributed by atoms with Crippen molar-refractivity contribution in [2.45, 2.75) is 46.3 Å². The lowest BCUT2D eigenvalue weighted by molar-refractivity contribution is -0.384. The number of non-ortho nitro benzene ring substituents is 1. The fourth-order valence-electron chi connectivity index (χ4n) is 3.35. The number of benzene rings is 1. The second kappa shape index (κ2) is 6.77. The summed E-state index contributed by atoms with van der Waals surface area (Å²) in [6, 6.07) is 4.12. The third-order valence-corrected chi connectivity index (χ3v) is 6.29. The van der Waals surface area contributed by atoms with Crippen molar-refractivity contribution in [3.63, 3.8) is 0 Å². The van der Waals surface area contributed by atoms with E-state index in [-0.39, 0.29) is 18.0 Å². The average molecular weight is 409 g/mol. The molecule has 3 rings (SSSR count). The highest BCUT2D eigenvalue weighted by Crippen LogP contribution is 2.35.